The highest BCUT2D eigenvalue weighted by atomic mass is 32.1. The smallest absolute Gasteiger partial charge is 0.337 e. The number of piperazine rings is 1. The second-order valence-electron chi connectivity index (χ2n) is 7.12. The van der Waals surface area contributed by atoms with E-state index in [1.807, 2.05) is 4.90 Å². The Bertz CT molecular complexity index is 787. The zero-order valence-corrected chi connectivity index (χ0v) is 17.7. The van der Waals surface area contributed by atoms with Gasteiger partial charge in [-0.2, -0.15) is 0 Å². The number of hydrogen-bond donors (Lipinski definition) is 2. The first-order chi connectivity index (χ1) is 14.5. The summed E-state index contributed by atoms with van der Waals surface area (Å²) in [5.74, 6) is -1.77. The molecule has 162 valence electrons. The number of thiocarbonyl (C=S) groups is 1. The van der Waals surface area contributed by atoms with Gasteiger partial charge in [0, 0.05) is 45.0 Å². The topological polar surface area (TPSA) is 100 Å². The van der Waals surface area contributed by atoms with Crippen molar-refractivity contribution in [3.05, 3.63) is 29.8 Å². The predicted molar refractivity (Wildman–Crippen MR) is 114 cm³/mol. The summed E-state index contributed by atoms with van der Waals surface area (Å²) in [5.41, 5.74) is 0.793. The van der Waals surface area contributed by atoms with Gasteiger partial charge in [0.25, 0.3) is 0 Å². The fraction of sp³-hybridized carbons (Fsp3) is 0.500. The van der Waals surface area contributed by atoms with Crippen LogP contribution < -0.4 is 10.6 Å². The van der Waals surface area contributed by atoms with Gasteiger partial charge in [-0.05, 0) is 49.3 Å². The molecule has 10 heteroatoms. The van der Waals surface area contributed by atoms with Crippen molar-refractivity contribution in [1.82, 2.24) is 15.1 Å². The molecule has 0 bridgehead atoms. The Morgan fingerprint density at radius 2 is 1.80 bits per heavy atom. The number of benzene rings is 1. The monoisotopic (exact) mass is 434 g/mol. The van der Waals surface area contributed by atoms with Crippen LogP contribution in [0.4, 0.5) is 5.69 Å². The van der Waals surface area contributed by atoms with Gasteiger partial charge in [-0.1, -0.05) is 0 Å². The van der Waals surface area contributed by atoms with Gasteiger partial charge in [0.1, 0.15) is 0 Å². The number of amides is 2. The van der Waals surface area contributed by atoms with Crippen molar-refractivity contribution >= 4 is 40.8 Å². The molecule has 2 saturated heterocycles. The van der Waals surface area contributed by atoms with Gasteiger partial charge in [0.15, 0.2) is 5.11 Å². The number of nitrogens with one attached hydrogen (secondary N) is 2. The van der Waals surface area contributed by atoms with Crippen LogP contribution in [0.25, 0.3) is 0 Å². The highest BCUT2D eigenvalue weighted by Crippen LogP contribution is 2.12. The zero-order chi connectivity index (χ0) is 21.5. The molecule has 30 heavy (non-hydrogen) atoms. The average molecular weight is 435 g/mol. The van der Waals surface area contributed by atoms with E-state index in [0.717, 1.165) is 19.4 Å². The molecule has 0 radical (unpaired) electrons. The number of anilines is 1. The summed E-state index contributed by atoms with van der Waals surface area (Å²) >= 11 is 5.43. The van der Waals surface area contributed by atoms with Crippen molar-refractivity contribution < 1.29 is 23.9 Å². The molecule has 1 atom stereocenters. The van der Waals surface area contributed by atoms with Gasteiger partial charge in [-0.15, -0.1) is 0 Å². The number of carbonyl (C=O) groups is 3. The molecule has 2 N–H and O–H groups in total. The van der Waals surface area contributed by atoms with Crippen LogP contribution in [0.15, 0.2) is 24.3 Å². The zero-order valence-electron chi connectivity index (χ0n) is 16.9. The largest absolute Gasteiger partial charge is 0.465 e. The first-order valence-electron chi connectivity index (χ1n) is 9.91. The Morgan fingerprint density at radius 1 is 1.13 bits per heavy atom. The maximum absolute atomic E-state index is 12.5. The fourth-order valence-corrected chi connectivity index (χ4v) is 3.63. The van der Waals surface area contributed by atoms with E-state index in [4.69, 9.17) is 17.0 Å². The molecule has 2 aliphatic heterocycles. The molecule has 0 saturated carbocycles. The van der Waals surface area contributed by atoms with E-state index in [1.54, 1.807) is 12.1 Å². The van der Waals surface area contributed by atoms with E-state index in [0.29, 0.717) is 49.1 Å². The summed E-state index contributed by atoms with van der Waals surface area (Å²) in [4.78, 5) is 39.7. The van der Waals surface area contributed by atoms with Crippen molar-refractivity contribution in [2.75, 3.05) is 51.8 Å². The quantitative estimate of drug-likeness (QED) is 0.404. The number of methoxy groups -OCH3 is 1. The Kier molecular flexibility index (Phi) is 7.58. The van der Waals surface area contributed by atoms with Crippen LogP contribution in [0.2, 0.25) is 0 Å². The van der Waals surface area contributed by atoms with Crippen molar-refractivity contribution in [2.45, 2.75) is 18.9 Å². The third-order valence-corrected chi connectivity index (χ3v) is 5.52. The van der Waals surface area contributed by atoms with Gasteiger partial charge < -0.3 is 29.9 Å². The van der Waals surface area contributed by atoms with Gasteiger partial charge in [-0.3, -0.25) is 9.59 Å². The number of nitrogens with zero attached hydrogens (tertiary/aromatic N) is 2. The van der Waals surface area contributed by atoms with Crippen molar-refractivity contribution in [1.29, 1.82) is 0 Å². The van der Waals surface area contributed by atoms with E-state index >= 15 is 0 Å². The third kappa shape index (κ3) is 5.67. The highest BCUT2D eigenvalue weighted by molar-refractivity contribution is 7.80. The summed E-state index contributed by atoms with van der Waals surface area (Å²) < 4.78 is 10.2. The summed E-state index contributed by atoms with van der Waals surface area (Å²) in [6, 6.07) is 6.14. The molecule has 1 unspecified atom stereocenters. The molecule has 2 heterocycles. The van der Waals surface area contributed by atoms with E-state index in [1.165, 1.54) is 24.1 Å². The first kappa shape index (κ1) is 22.0. The summed E-state index contributed by atoms with van der Waals surface area (Å²) in [7, 11) is 1.29. The Hall–Kier alpha value is -2.72. The molecule has 0 aliphatic carbocycles. The summed E-state index contributed by atoms with van der Waals surface area (Å²) in [6.45, 7) is 3.44. The van der Waals surface area contributed by atoms with Crippen LogP contribution >= 0.6 is 12.2 Å². The molecule has 2 amide bonds. The fourth-order valence-electron chi connectivity index (χ4n) is 3.37. The SMILES string of the molecule is COC(=O)c1ccc(NC(=O)C(=O)N2CCN(C(=S)NCC3CCCO3)CC2)cc1. The molecule has 3 rings (SSSR count). The minimum Gasteiger partial charge on any atom is -0.465 e. The van der Waals surface area contributed by atoms with Crippen molar-refractivity contribution in [3.8, 4) is 0 Å². The number of hydrogen-bond acceptors (Lipinski definition) is 6. The maximum atomic E-state index is 12.5. The molecule has 0 aromatic heterocycles. The Morgan fingerprint density at radius 3 is 2.40 bits per heavy atom. The molecule has 0 spiro atoms. The molecular weight excluding hydrogens is 408 g/mol. The maximum Gasteiger partial charge on any atom is 0.337 e. The summed E-state index contributed by atoms with van der Waals surface area (Å²) in [5, 5.41) is 6.43. The third-order valence-electron chi connectivity index (χ3n) is 5.12. The Labute approximate surface area is 180 Å². The van der Waals surface area contributed by atoms with Gasteiger partial charge >= 0.3 is 17.8 Å². The second-order valence-corrected chi connectivity index (χ2v) is 7.51. The van der Waals surface area contributed by atoms with E-state index in [9.17, 15) is 14.4 Å². The Balaban J connectivity index is 1.43. The molecule has 9 nitrogen and oxygen atoms in total. The van der Waals surface area contributed by atoms with E-state index < -0.39 is 17.8 Å². The lowest BCUT2D eigenvalue weighted by Crippen LogP contribution is -2.55. The molecule has 1 aromatic carbocycles. The van der Waals surface area contributed by atoms with Crippen LogP contribution in [-0.4, -0.2) is 85.2 Å². The van der Waals surface area contributed by atoms with Gasteiger partial charge in [0.05, 0.1) is 18.8 Å². The van der Waals surface area contributed by atoms with E-state index in [-0.39, 0.29) is 6.10 Å². The molecule has 2 aliphatic rings. The van der Waals surface area contributed by atoms with Crippen LogP contribution in [0.3, 0.4) is 0 Å². The normalized spacial score (nSPS) is 18.6. The predicted octanol–water partition coefficient (Wildman–Crippen LogP) is 0.609. The lowest BCUT2D eigenvalue weighted by atomic mass is 10.2. The van der Waals surface area contributed by atoms with Crippen molar-refractivity contribution in [3.63, 3.8) is 0 Å². The molecule has 1 aromatic rings. The lowest BCUT2D eigenvalue weighted by Gasteiger charge is -2.36. The average Bonchev–Trinajstić information content (AvgIpc) is 3.30. The first-order valence-corrected chi connectivity index (χ1v) is 10.3. The standard InChI is InChI=1S/C20H26N4O5S/c1-28-19(27)14-4-6-15(7-5-14)22-17(25)18(26)23-8-10-24(11-9-23)20(30)21-13-16-3-2-12-29-16/h4-7,16H,2-3,8-13H2,1H3,(H,21,30)(H,22,25). The number of carbonyl (C=O) groups excluding carboxylic acids is 3. The van der Waals surface area contributed by atoms with Crippen LogP contribution in [-0.2, 0) is 19.1 Å². The van der Waals surface area contributed by atoms with Gasteiger partial charge in [-0.25, -0.2) is 4.79 Å². The van der Waals surface area contributed by atoms with Crippen LogP contribution in [0.1, 0.15) is 23.2 Å². The number of ether oxygens (including phenoxy) is 2. The van der Waals surface area contributed by atoms with Crippen molar-refractivity contribution in [2.24, 2.45) is 0 Å². The minimum absolute atomic E-state index is 0.205. The van der Waals surface area contributed by atoms with Crippen LogP contribution in [0, 0.1) is 0 Å². The van der Waals surface area contributed by atoms with Crippen LogP contribution in [0.5, 0.6) is 0 Å². The molecular formula is C20H26N4O5S. The number of esters is 1. The lowest BCUT2D eigenvalue weighted by molar-refractivity contribution is -0.144. The second kappa shape index (κ2) is 10.4. The minimum atomic E-state index is -0.714. The van der Waals surface area contributed by atoms with E-state index in [2.05, 4.69) is 15.4 Å². The summed E-state index contributed by atoms with van der Waals surface area (Å²) in [6.07, 6.45) is 2.33. The van der Waals surface area contributed by atoms with Gasteiger partial charge in [0.2, 0.25) is 0 Å². The molecule has 2 fully saturated rings. The number of rotatable bonds is 4. The highest BCUT2D eigenvalue weighted by Gasteiger charge is 2.27.